The zero-order valence-electron chi connectivity index (χ0n) is 20.8. The number of nitrogens with one attached hydrogen (secondary N) is 2. The lowest BCUT2D eigenvalue weighted by atomic mass is 9.91. The number of hydrogen-bond donors (Lipinski definition) is 2. The summed E-state index contributed by atoms with van der Waals surface area (Å²) in [7, 11) is 0. The Morgan fingerprint density at radius 2 is 2.05 bits per heavy atom. The predicted octanol–water partition coefficient (Wildman–Crippen LogP) is 3.82. The van der Waals surface area contributed by atoms with Gasteiger partial charge in [-0.2, -0.15) is 10.2 Å². The molecular weight excluding hydrogens is 504 g/mol. The number of likely N-dealkylation sites (tertiary alicyclic amines) is 1. The number of rotatable bonds is 6. The van der Waals surface area contributed by atoms with Crippen LogP contribution in [0.2, 0.25) is 5.02 Å². The topological polar surface area (TPSA) is 111 Å². The van der Waals surface area contributed by atoms with Crippen LogP contribution in [0.25, 0.3) is 10.5 Å². The standard InChI is InChI=1S/C26H27ClN10O/c1-29-22-11-30-25-24(31-17-2-3-17)33-26(34-37(22)25)32-19-8-15(10-28)9-21(23(19)27)35-6-5-20-16(12-35)4-7-36(20)18-13-38-14-18/h8-9,11,16-18,20H,2-7,12-14H2,(H2,31,32,33,34). The quantitative estimate of drug-likeness (QED) is 0.459. The van der Waals surface area contributed by atoms with Crippen molar-refractivity contribution < 1.29 is 4.74 Å². The molecule has 2 N–H and O–H groups in total. The van der Waals surface area contributed by atoms with Gasteiger partial charge in [0, 0.05) is 25.2 Å². The van der Waals surface area contributed by atoms with Crippen LogP contribution < -0.4 is 15.5 Å². The van der Waals surface area contributed by atoms with Gasteiger partial charge in [0.05, 0.1) is 53.5 Å². The Morgan fingerprint density at radius 1 is 1.18 bits per heavy atom. The lowest BCUT2D eigenvalue weighted by molar-refractivity contribution is -0.0732. The van der Waals surface area contributed by atoms with E-state index in [0.717, 1.165) is 64.2 Å². The molecule has 12 heteroatoms. The van der Waals surface area contributed by atoms with Crippen molar-refractivity contribution in [3.05, 3.63) is 40.3 Å². The largest absolute Gasteiger partial charge is 0.378 e. The number of benzene rings is 1. The highest BCUT2D eigenvalue weighted by Crippen LogP contribution is 2.41. The van der Waals surface area contributed by atoms with Gasteiger partial charge in [0.1, 0.15) is 0 Å². The monoisotopic (exact) mass is 530 g/mol. The van der Waals surface area contributed by atoms with E-state index < -0.39 is 0 Å². The molecule has 1 aliphatic carbocycles. The maximum Gasteiger partial charge on any atom is 0.275 e. The number of nitriles is 1. The average molecular weight is 531 g/mol. The highest BCUT2D eigenvalue weighted by Gasteiger charge is 2.43. The van der Waals surface area contributed by atoms with E-state index in [1.165, 1.54) is 10.7 Å². The number of piperidine rings is 1. The molecule has 1 aromatic carbocycles. The minimum atomic E-state index is 0.277. The summed E-state index contributed by atoms with van der Waals surface area (Å²) in [5.74, 6) is 1.71. The third-order valence-corrected chi connectivity index (χ3v) is 8.51. The number of aromatic nitrogens is 4. The van der Waals surface area contributed by atoms with Crippen LogP contribution in [0.3, 0.4) is 0 Å². The number of halogens is 1. The maximum absolute atomic E-state index is 9.81. The maximum atomic E-state index is 9.81. The van der Waals surface area contributed by atoms with E-state index >= 15 is 0 Å². The molecule has 3 aromatic rings. The van der Waals surface area contributed by atoms with Crippen LogP contribution in [0.1, 0.15) is 31.2 Å². The van der Waals surface area contributed by atoms with Crippen molar-refractivity contribution in [2.45, 2.75) is 43.8 Å². The molecule has 4 aliphatic rings. The molecular formula is C26H27ClN10O. The van der Waals surface area contributed by atoms with E-state index in [1.54, 1.807) is 6.07 Å². The summed E-state index contributed by atoms with van der Waals surface area (Å²) in [6.07, 6.45) is 5.85. The third kappa shape index (κ3) is 4.08. The summed E-state index contributed by atoms with van der Waals surface area (Å²) in [4.78, 5) is 17.5. The zero-order valence-corrected chi connectivity index (χ0v) is 21.5. The lowest BCUT2D eigenvalue weighted by Gasteiger charge is -2.44. The molecule has 0 bridgehead atoms. The first kappa shape index (κ1) is 23.5. The summed E-state index contributed by atoms with van der Waals surface area (Å²) < 4.78 is 6.93. The molecule has 5 heterocycles. The molecule has 2 unspecified atom stereocenters. The van der Waals surface area contributed by atoms with Gasteiger partial charge >= 0.3 is 0 Å². The van der Waals surface area contributed by atoms with Crippen molar-refractivity contribution >= 4 is 46.2 Å². The Bertz CT molecular complexity index is 1480. The number of imidazole rings is 1. The van der Waals surface area contributed by atoms with Gasteiger partial charge in [-0.3, -0.25) is 4.90 Å². The number of ether oxygens (including phenoxy) is 1. The first-order chi connectivity index (χ1) is 18.6. The molecule has 7 rings (SSSR count). The van der Waals surface area contributed by atoms with Crippen LogP contribution in [-0.4, -0.2) is 75.5 Å². The van der Waals surface area contributed by atoms with Gasteiger partial charge in [0.2, 0.25) is 0 Å². The van der Waals surface area contributed by atoms with Gasteiger partial charge in [-0.25, -0.2) is 4.98 Å². The number of nitrogens with zero attached hydrogens (tertiary/aromatic N) is 8. The Morgan fingerprint density at radius 3 is 2.79 bits per heavy atom. The molecule has 4 fully saturated rings. The van der Waals surface area contributed by atoms with Crippen molar-refractivity contribution in [3.8, 4) is 6.07 Å². The Labute approximate surface area is 225 Å². The Balaban J connectivity index is 1.19. The second-order valence-corrected chi connectivity index (χ2v) is 10.9. The summed E-state index contributed by atoms with van der Waals surface area (Å²) in [6.45, 7) is 12.1. The smallest absolute Gasteiger partial charge is 0.275 e. The molecule has 3 aliphatic heterocycles. The SMILES string of the molecule is [C-]#[N+]c1cnc2c(NC3CC3)nc(Nc3cc(C#N)cc(N4CCC5C(CCN5C5COC5)C4)c3Cl)nn12. The zero-order chi connectivity index (χ0) is 25.8. The first-order valence-corrected chi connectivity index (χ1v) is 13.5. The van der Waals surface area contributed by atoms with E-state index in [1.807, 2.05) is 6.07 Å². The minimum Gasteiger partial charge on any atom is -0.378 e. The Hall–Kier alpha value is -3.64. The second kappa shape index (κ2) is 9.28. The van der Waals surface area contributed by atoms with E-state index in [-0.39, 0.29) is 5.95 Å². The fraction of sp³-hybridized carbons (Fsp3) is 0.500. The fourth-order valence-electron chi connectivity index (χ4n) is 5.94. The normalized spacial score (nSPS) is 23.5. The van der Waals surface area contributed by atoms with E-state index in [0.29, 0.717) is 57.6 Å². The van der Waals surface area contributed by atoms with Gasteiger partial charge in [-0.15, -0.1) is 4.52 Å². The first-order valence-electron chi connectivity index (χ1n) is 13.1. The molecule has 0 spiro atoms. The molecule has 2 aromatic heterocycles. The third-order valence-electron chi connectivity index (χ3n) is 8.11. The van der Waals surface area contributed by atoms with Crippen LogP contribution in [0.15, 0.2) is 18.3 Å². The van der Waals surface area contributed by atoms with Crippen molar-refractivity contribution in [1.29, 1.82) is 5.26 Å². The molecule has 1 saturated carbocycles. The number of anilines is 4. The van der Waals surface area contributed by atoms with Gasteiger partial charge < -0.3 is 25.1 Å². The number of hydrogen-bond acceptors (Lipinski definition) is 9. The molecule has 38 heavy (non-hydrogen) atoms. The summed E-state index contributed by atoms with van der Waals surface area (Å²) in [5.41, 5.74) is 2.42. The number of fused-ring (bicyclic) bond motifs is 2. The van der Waals surface area contributed by atoms with Crippen molar-refractivity contribution in [2.24, 2.45) is 5.92 Å². The molecule has 0 radical (unpaired) electrons. The van der Waals surface area contributed by atoms with Crippen LogP contribution in [0.4, 0.5) is 29.0 Å². The fourth-order valence-corrected chi connectivity index (χ4v) is 6.22. The average Bonchev–Trinajstić information content (AvgIpc) is 3.47. The summed E-state index contributed by atoms with van der Waals surface area (Å²) in [6, 6.07) is 7.36. The van der Waals surface area contributed by atoms with Gasteiger partial charge in [-0.1, -0.05) is 23.3 Å². The van der Waals surface area contributed by atoms with Crippen LogP contribution in [0.5, 0.6) is 0 Å². The van der Waals surface area contributed by atoms with Gasteiger partial charge in [-0.05, 0) is 50.3 Å². The highest BCUT2D eigenvalue weighted by molar-refractivity contribution is 6.36. The molecule has 0 amide bonds. The molecule has 3 saturated heterocycles. The second-order valence-electron chi connectivity index (χ2n) is 10.5. The summed E-state index contributed by atoms with van der Waals surface area (Å²) >= 11 is 6.99. The van der Waals surface area contributed by atoms with Crippen molar-refractivity contribution in [2.75, 3.05) is 48.4 Å². The van der Waals surface area contributed by atoms with Crippen LogP contribution in [0, 0.1) is 23.8 Å². The summed E-state index contributed by atoms with van der Waals surface area (Å²) in [5, 5.41) is 21.5. The van der Waals surface area contributed by atoms with Crippen LogP contribution >= 0.6 is 11.6 Å². The molecule has 2 atom stereocenters. The highest BCUT2D eigenvalue weighted by atomic mass is 35.5. The van der Waals surface area contributed by atoms with Crippen molar-refractivity contribution in [1.82, 2.24) is 24.5 Å². The predicted molar refractivity (Wildman–Crippen MR) is 143 cm³/mol. The van der Waals surface area contributed by atoms with E-state index in [4.69, 9.17) is 22.9 Å². The molecule has 11 nitrogen and oxygen atoms in total. The van der Waals surface area contributed by atoms with Gasteiger partial charge in [0.25, 0.3) is 17.4 Å². The van der Waals surface area contributed by atoms with Crippen molar-refractivity contribution in [3.63, 3.8) is 0 Å². The van der Waals surface area contributed by atoms with Crippen LogP contribution in [-0.2, 0) is 4.74 Å². The minimum absolute atomic E-state index is 0.277. The Kier molecular flexibility index (Phi) is 5.73. The van der Waals surface area contributed by atoms with Gasteiger partial charge in [0.15, 0.2) is 5.82 Å². The lowest BCUT2D eigenvalue weighted by Crippen LogP contribution is -2.54. The van der Waals surface area contributed by atoms with E-state index in [2.05, 4.69) is 46.4 Å². The molecule has 194 valence electrons. The van der Waals surface area contributed by atoms with E-state index in [9.17, 15) is 5.26 Å².